The van der Waals surface area contributed by atoms with E-state index in [-0.39, 0.29) is 35.0 Å². The van der Waals surface area contributed by atoms with Crippen LogP contribution in [0, 0.1) is 23.4 Å². The Balaban J connectivity index is 1.20. The van der Waals surface area contributed by atoms with E-state index in [1.807, 2.05) is 15.9 Å². The maximum atomic E-state index is 14.9. The molecule has 5 nitrogen and oxygen atoms in total. The van der Waals surface area contributed by atoms with Crippen LogP contribution in [0.2, 0.25) is 0 Å². The van der Waals surface area contributed by atoms with E-state index in [4.69, 9.17) is 0 Å². The van der Waals surface area contributed by atoms with Gasteiger partial charge in [0.05, 0.1) is 11.3 Å². The molecule has 2 amide bonds. The van der Waals surface area contributed by atoms with E-state index in [0.29, 0.717) is 31.7 Å². The van der Waals surface area contributed by atoms with Crippen molar-refractivity contribution < 1.29 is 22.8 Å². The van der Waals surface area contributed by atoms with Gasteiger partial charge >= 0.3 is 0 Å². The SMILES string of the molecule is CC(C)(C)N1CC(c2ccc(F)cc2F)[C@H](C(=O)N2CCC(c3ccc(F)cc3C3(C(=O)N4CCC4)CC3)CC2)C1. The third-order valence-corrected chi connectivity index (χ3v) is 10.0. The van der Waals surface area contributed by atoms with Crippen LogP contribution in [-0.2, 0) is 15.0 Å². The van der Waals surface area contributed by atoms with Crippen LogP contribution >= 0.6 is 0 Å². The number of halogens is 3. The van der Waals surface area contributed by atoms with Gasteiger partial charge in [-0.25, -0.2) is 13.2 Å². The summed E-state index contributed by atoms with van der Waals surface area (Å²) in [6, 6.07) is 8.56. The fourth-order valence-corrected chi connectivity index (χ4v) is 7.21. The Morgan fingerprint density at radius 2 is 1.46 bits per heavy atom. The molecule has 220 valence electrons. The molecule has 1 saturated carbocycles. The predicted molar refractivity (Wildman–Crippen MR) is 151 cm³/mol. The smallest absolute Gasteiger partial charge is 0.233 e. The van der Waals surface area contributed by atoms with Gasteiger partial charge in [-0.05, 0) is 93.7 Å². The van der Waals surface area contributed by atoms with Crippen molar-refractivity contribution in [3.63, 3.8) is 0 Å². The second kappa shape index (κ2) is 10.4. The average molecular weight is 568 g/mol. The molecule has 2 aromatic carbocycles. The number of carbonyl (C=O) groups excluding carboxylic acids is 2. The Morgan fingerprint density at radius 1 is 0.829 bits per heavy atom. The summed E-state index contributed by atoms with van der Waals surface area (Å²) in [5.41, 5.74) is 1.47. The van der Waals surface area contributed by atoms with E-state index in [1.54, 1.807) is 6.07 Å². The fourth-order valence-electron chi connectivity index (χ4n) is 7.21. The number of hydrogen-bond donors (Lipinski definition) is 0. The van der Waals surface area contributed by atoms with E-state index in [1.165, 1.54) is 18.2 Å². The van der Waals surface area contributed by atoms with Gasteiger partial charge in [-0.15, -0.1) is 0 Å². The first-order valence-corrected chi connectivity index (χ1v) is 15.1. The first-order chi connectivity index (χ1) is 19.5. The number of rotatable bonds is 5. The standard InChI is InChI=1S/C33H40F3N3O2/c1-32(2,3)39-19-26(25-8-6-23(35)18-29(25)36)27(20-39)30(40)37-15-9-21(10-16-37)24-7-5-22(34)17-28(24)33(11-12-33)31(41)38-13-4-14-38/h5-8,17-18,21,26-27H,4,9-16,19-20H2,1-3H3/t26?,27-/m1/s1. The predicted octanol–water partition coefficient (Wildman–Crippen LogP) is 5.59. The van der Waals surface area contributed by atoms with E-state index in [2.05, 4.69) is 25.7 Å². The molecule has 0 N–H and O–H groups in total. The summed E-state index contributed by atoms with van der Waals surface area (Å²) in [6.45, 7) is 9.98. The zero-order chi connectivity index (χ0) is 29.1. The summed E-state index contributed by atoms with van der Waals surface area (Å²) in [5.74, 6) is -2.04. The zero-order valence-electron chi connectivity index (χ0n) is 24.3. The third kappa shape index (κ3) is 5.17. The number of piperidine rings is 1. The number of likely N-dealkylation sites (tertiary alicyclic amines) is 3. The van der Waals surface area contributed by atoms with Crippen molar-refractivity contribution in [2.75, 3.05) is 39.3 Å². The Labute approximate surface area is 240 Å². The van der Waals surface area contributed by atoms with Gasteiger partial charge in [0.1, 0.15) is 17.5 Å². The normalized spacial score (nSPS) is 24.8. The molecule has 0 bridgehead atoms. The van der Waals surface area contributed by atoms with Crippen LogP contribution in [-0.4, -0.2) is 71.3 Å². The van der Waals surface area contributed by atoms with Crippen LogP contribution in [0.25, 0.3) is 0 Å². The largest absolute Gasteiger partial charge is 0.342 e. The number of benzene rings is 2. The lowest BCUT2D eigenvalue weighted by molar-refractivity contribution is -0.137. The minimum Gasteiger partial charge on any atom is -0.342 e. The van der Waals surface area contributed by atoms with Crippen molar-refractivity contribution in [3.8, 4) is 0 Å². The summed E-state index contributed by atoms with van der Waals surface area (Å²) in [4.78, 5) is 33.3. The van der Waals surface area contributed by atoms with Gasteiger partial charge in [0.2, 0.25) is 11.8 Å². The first-order valence-electron chi connectivity index (χ1n) is 15.1. The Hall–Kier alpha value is -2.87. The van der Waals surface area contributed by atoms with Crippen molar-refractivity contribution in [1.82, 2.24) is 14.7 Å². The molecule has 41 heavy (non-hydrogen) atoms. The van der Waals surface area contributed by atoms with Crippen molar-refractivity contribution in [1.29, 1.82) is 0 Å². The average Bonchev–Trinajstić information content (AvgIpc) is 3.59. The number of carbonyl (C=O) groups is 2. The maximum Gasteiger partial charge on any atom is 0.233 e. The van der Waals surface area contributed by atoms with Gasteiger partial charge in [-0.3, -0.25) is 14.5 Å². The molecule has 3 aliphatic heterocycles. The molecule has 0 spiro atoms. The molecular weight excluding hydrogens is 527 g/mol. The quantitative estimate of drug-likeness (QED) is 0.474. The Morgan fingerprint density at radius 3 is 2.02 bits per heavy atom. The van der Waals surface area contributed by atoms with Crippen molar-refractivity contribution in [2.24, 2.45) is 5.92 Å². The molecule has 0 aromatic heterocycles. The van der Waals surface area contributed by atoms with Gasteiger partial charge in [-0.2, -0.15) is 0 Å². The van der Waals surface area contributed by atoms with Crippen molar-refractivity contribution in [3.05, 3.63) is 70.5 Å². The van der Waals surface area contributed by atoms with Crippen LogP contribution in [0.4, 0.5) is 13.2 Å². The minimum atomic E-state index is -0.624. The van der Waals surface area contributed by atoms with Crippen molar-refractivity contribution in [2.45, 2.75) is 75.7 Å². The molecule has 6 rings (SSSR count). The van der Waals surface area contributed by atoms with Crippen LogP contribution in [0.15, 0.2) is 36.4 Å². The highest BCUT2D eigenvalue weighted by atomic mass is 19.1. The maximum absolute atomic E-state index is 14.9. The summed E-state index contributed by atoms with van der Waals surface area (Å²) < 4.78 is 43.1. The van der Waals surface area contributed by atoms with Crippen LogP contribution in [0.5, 0.6) is 0 Å². The van der Waals surface area contributed by atoms with Gasteiger partial charge in [-0.1, -0.05) is 12.1 Å². The molecule has 3 heterocycles. The van der Waals surface area contributed by atoms with Crippen LogP contribution in [0.3, 0.4) is 0 Å². The summed E-state index contributed by atoms with van der Waals surface area (Å²) in [7, 11) is 0. The highest BCUT2D eigenvalue weighted by Crippen LogP contribution is 2.53. The topological polar surface area (TPSA) is 43.9 Å². The first kappa shape index (κ1) is 28.3. The van der Waals surface area contributed by atoms with Gasteiger partial charge < -0.3 is 9.80 Å². The molecule has 1 aliphatic carbocycles. The molecule has 8 heteroatoms. The minimum absolute atomic E-state index is 0.00915. The summed E-state index contributed by atoms with van der Waals surface area (Å²) in [5, 5.41) is 0. The Kier molecular flexibility index (Phi) is 7.20. The number of nitrogens with zero attached hydrogens (tertiary/aromatic N) is 3. The highest BCUT2D eigenvalue weighted by molar-refractivity contribution is 5.92. The lowest BCUT2D eigenvalue weighted by atomic mass is 9.80. The van der Waals surface area contributed by atoms with Crippen molar-refractivity contribution >= 4 is 11.8 Å². The second-order valence-corrected chi connectivity index (χ2v) is 13.5. The Bertz CT molecular complexity index is 1340. The van der Waals surface area contributed by atoms with Crippen LogP contribution in [0.1, 0.15) is 81.4 Å². The molecular formula is C33H40F3N3O2. The zero-order valence-corrected chi connectivity index (χ0v) is 24.3. The molecule has 1 unspecified atom stereocenters. The number of hydrogen-bond acceptors (Lipinski definition) is 3. The van der Waals surface area contributed by atoms with E-state index in [0.717, 1.165) is 62.4 Å². The number of amides is 2. The van der Waals surface area contributed by atoms with E-state index >= 15 is 0 Å². The lowest BCUT2D eigenvalue weighted by Crippen LogP contribution is -2.47. The summed E-state index contributed by atoms with van der Waals surface area (Å²) >= 11 is 0. The highest BCUT2D eigenvalue weighted by Gasteiger charge is 2.55. The second-order valence-electron chi connectivity index (χ2n) is 13.5. The van der Waals surface area contributed by atoms with Crippen LogP contribution < -0.4 is 0 Å². The molecule has 4 fully saturated rings. The molecule has 4 aliphatic rings. The molecule has 2 atom stereocenters. The van der Waals surface area contributed by atoms with Gasteiger partial charge in [0.25, 0.3) is 0 Å². The molecule has 0 radical (unpaired) electrons. The third-order valence-electron chi connectivity index (χ3n) is 10.0. The van der Waals surface area contributed by atoms with E-state index < -0.39 is 23.0 Å². The van der Waals surface area contributed by atoms with Gasteiger partial charge in [0.15, 0.2) is 0 Å². The molecule has 2 aromatic rings. The summed E-state index contributed by atoms with van der Waals surface area (Å²) in [6.07, 6.45) is 3.98. The lowest BCUT2D eigenvalue weighted by Gasteiger charge is -2.38. The monoisotopic (exact) mass is 567 g/mol. The fraction of sp³-hybridized carbons (Fsp3) is 0.576. The van der Waals surface area contributed by atoms with E-state index in [9.17, 15) is 22.8 Å². The molecule has 3 saturated heterocycles. The van der Waals surface area contributed by atoms with Gasteiger partial charge in [0, 0.05) is 56.8 Å².